The molecule has 158 valence electrons. The van der Waals surface area contributed by atoms with Gasteiger partial charge in [-0.05, 0) is 55.5 Å². The van der Waals surface area contributed by atoms with Crippen LogP contribution >= 0.6 is 0 Å². The number of fused-ring (bicyclic) bond motifs is 1. The summed E-state index contributed by atoms with van der Waals surface area (Å²) >= 11 is 0. The van der Waals surface area contributed by atoms with Gasteiger partial charge in [0.05, 0.1) is 17.4 Å². The molecule has 0 spiro atoms. The van der Waals surface area contributed by atoms with E-state index in [1.54, 1.807) is 36.4 Å². The minimum atomic E-state index is -0.347. The van der Waals surface area contributed by atoms with Crippen molar-refractivity contribution in [3.05, 3.63) is 94.2 Å². The highest BCUT2D eigenvalue weighted by Gasteiger charge is 2.20. The molecule has 8 heteroatoms. The second kappa shape index (κ2) is 8.83. The van der Waals surface area contributed by atoms with Crippen LogP contribution in [0.15, 0.2) is 69.9 Å². The van der Waals surface area contributed by atoms with Gasteiger partial charge >= 0.3 is 0 Å². The first-order valence-corrected chi connectivity index (χ1v) is 9.78. The fraction of sp³-hybridized carbons (Fsp3) is 0.174. The minimum absolute atomic E-state index is 0.102. The fourth-order valence-corrected chi connectivity index (χ4v) is 3.13. The van der Waals surface area contributed by atoms with Crippen LogP contribution in [-0.2, 0) is 13.2 Å². The van der Waals surface area contributed by atoms with Crippen LogP contribution in [0.3, 0.4) is 0 Å². The van der Waals surface area contributed by atoms with Gasteiger partial charge in [0, 0.05) is 6.54 Å². The summed E-state index contributed by atoms with van der Waals surface area (Å²) < 4.78 is 24.1. The van der Waals surface area contributed by atoms with E-state index in [9.17, 15) is 14.0 Å². The van der Waals surface area contributed by atoms with E-state index in [1.165, 1.54) is 29.2 Å². The highest BCUT2D eigenvalue weighted by molar-refractivity contribution is 5.91. The van der Waals surface area contributed by atoms with E-state index in [4.69, 9.17) is 9.15 Å². The number of nitrogens with zero attached hydrogens (tertiary/aromatic N) is 2. The number of para-hydroxylation sites is 1. The van der Waals surface area contributed by atoms with Crippen molar-refractivity contribution in [2.45, 2.75) is 20.1 Å². The van der Waals surface area contributed by atoms with Crippen LogP contribution in [0.1, 0.15) is 29.1 Å². The lowest BCUT2D eigenvalue weighted by atomic mass is 10.2. The highest BCUT2D eigenvalue weighted by Crippen LogP contribution is 2.17. The summed E-state index contributed by atoms with van der Waals surface area (Å²) in [5.41, 5.74) is 0.324. The first-order valence-electron chi connectivity index (χ1n) is 9.78. The molecular weight excluding hydrogens is 401 g/mol. The summed E-state index contributed by atoms with van der Waals surface area (Å²) in [5, 5.41) is 0.498. The third-order valence-electron chi connectivity index (χ3n) is 4.74. The topological polar surface area (TPSA) is 88.4 Å². The monoisotopic (exact) mass is 421 g/mol. The van der Waals surface area contributed by atoms with E-state index in [2.05, 4.69) is 9.97 Å². The normalized spacial score (nSPS) is 10.9. The van der Waals surface area contributed by atoms with Gasteiger partial charge in [-0.1, -0.05) is 12.1 Å². The molecule has 1 N–H and O–H groups in total. The number of aromatic amines is 1. The Hall–Kier alpha value is -3.94. The van der Waals surface area contributed by atoms with E-state index in [1.807, 2.05) is 6.92 Å². The predicted octanol–water partition coefficient (Wildman–Crippen LogP) is 3.90. The number of H-pyrrole nitrogens is 1. The Balaban J connectivity index is 1.45. The molecule has 0 saturated carbocycles. The lowest BCUT2D eigenvalue weighted by Crippen LogP contribution is -2.31. The Kier molecular flexibility index (Phi) is 5.79. The zero-order valence-electron chi connectivity index (χ0n) is 16.8. The number of aromatic nitrogens is 2. The quantitative estimate of drug-likeness (QED) is 0.489. The van der Waals surface area contributed by atoms with Crippen LogP contribution in [0.5, 0.6) is 5.75 Å². The average Bonchev–Trinajstić information content (AvgIpc) is 3.26. The largest absolute Gasteiger partial charge is 0.486 e. The summed E-state index contributed by atoms with van der Waals surface area (Å²) in [7, 11) is 0. The maximum atomic E-state index is 13.0. The van der Waals surface area contributed by atoms with Crippen molar-refractivity contribution in [1.29, 1.82) is 0 Å². The molecule has 0 aliphatic heterocycles. The SMILES string of the molecule is CCN(Cc1nc2ccccc2c(=O)[nH]1)C(=O)c1ccc(COc2ccc(F)cc2)o1. The van der Waals surface area contributed by atoms with Crippen molar-refractivity contribution < 1.29 is 18.3 Å². The van der Waals surface area contributed by atoms with Crippen molar-refractivity contribution in [3.8, 4) is 5.75 Å². The lowest BCUT2D eigenvalue weighted by molar-refractivity contribution is 0.0712. The molecule has 0 aliphatic rings. The van der Waals surface area contributed by atoms with E-state index < -0.39 is 0 Å². The Morgan fingerprint density at radius 3 is 2.68 bits per heavy atom. The molecule has 4 aromatic rings. The summed E-state index contributed by atoms with van der Waals surface area (Å²) in [6.45, 7) is 2.47. The molecule has 7 nitrogen and oxygen atoms in total. The van der Waals surface area contributed by atoms with Gasteiger partial charge in [0.2, 0.25) is 0 Å². The standard InChI is InChI=1S/C23H20FN3O4/c1-2-27(13-21-25-19-6-4-3-5-18(19)22(28)26-21)23(29)20-12-11-17(31-20)14-30-16-9-7-15(24)8-10-16/h3-12H,2,13-14H2,1H3,(H,25,26,28). The number of furan rings is 1. The van der Waals surface area contributed by atoms with Crippen molar-refractivity contribution >= 4 is 16.8 Å². The lowest BCUT2D eigenvalue weighted by Gasteiger charge is -2.19. The van der Waals surface area contributed by atoms with Gasteiger partial charge < -0.3 is 19.0 Å². The number of carbonyl (C=O) groups excluding carboxylic acids is 1. The van der Waals surface area contributed by atoms with E-state index in [0.29, 0.717) is 34.8 Å². The first-order chi connectivity index (χ1) is 15.0. The van der Waals surface area contributed by atoms with Crippen molar-refractivity contribution in [1.82, 2.24) is 14.9 Å². The van der Waals surface area contributed by atoms with Crippen LogP contribution < -0.4 is 10.3 Å². The zero-order chi connectivity index (χ0) is 21.8. The average molecular weight is 421 g/mol. The third-order valence-corrected chi connectivity index (χ3v) is 4.74. The number of nitrogens with one attached hydrogen (secondary N) is 1. The molecule has 0 unspecified atom stereocenters. The van der Waals surface area contributed by atoms with Gasteiger partial charge in [-0.25, -0.2) is 9.37 Å². The third kappa shape index (κ3) is 4.63. The summed E-state index contributed by atoms with van der Waals surface area (Å²) in [6, 6.07) is 15.9. The van der Waals surface area contributed by atoms with Crippen LogP contribution in [0, 0.1) is 5.82 Å². The molecule has 0 radical (unpaired) electrons. The van der Waals surface area contributed by atoms with Crippen LogP contribution in [0.25, 0.3) is 10.9 Å². The molecule has 2 aromatic carbocycles. The van der Waals surface area contributed by atoms with Crippen LogP contribution in [0.4, 0.5) is 4.39 Å². The molecule has 2 heterocycles. The number of hydrogen-bond donors (Lipinski definition) is 1. The number of hydrogen-bond acceptors (Lipinski definition) is 5. The number of ether oxygens (including phenoxy) is 1. The van der Waals surface area contributed by atoms with Gasteiger partial charge in [0.15, 0.2) is 5.76 Å². The van der Waals surface area contributed by atoms with E-state index in [0.717, 1.165) is 0 Å². The fourth-order valence-electron chi connectivity index (χ4n) is 3.13. The molecule has 2 aromatic heterocycles. The van der Waals surface area contributed by atoms with Crippen LogP contribution in [-0.4, -0.2) is 27.3 Å². The van der Waals surface area contributed by atoms with Crippen LogP contribution in [0.2, 0.25) is 0 Å². The number of amides is 1. The van der Waals surface area contributed by atoms with E-state index in [-0.39, 0.29) is 36.2 Å². The molecule has 1 amide bonds. The zero-order valence-corrected chi connectivity index (χ0v) is 16.8. The Bertz CT molecular complexity index is 1260. The van der Waals surface area contributed by atoms with Gasteiger partial charge in [0.25, 0.3) is 11.5 Å². The molecule has 4 rings (SSSR count). The second-order valence-electron chi connectivity index (χ2n) is 6.86. The molecule has 0 aliphatic carbocycles. The Morgan fingerprint density at radius 1 is 1.13 bits per heavy atom. The second-order valence-corrected chi connectivity index (χ2v) is 6.86. The van der Waals surface area contributed by atoms with Crippen molar-refractivity contribution in [2.24, 2.45) is 0 Å². The van der Waals surface area contributed by atoms with Gasteiger partial charge in [-0.2, -0.15) is 0 Å². The summed E-state index contributed by atoms with van der Waals surface area (Å²) in [5.74, 6) is 0.827. The molecule has 0 bridgehead atoms. The maximum absolute atomic E-state index is 13.0. The smallest absolute Gasteiger partial charge is 0.289 e. The summed E-state index contributed by atoms with van der Waals surface area (Å²) in [4.78, 5) is 33.9. The van der Waals surface area contributed by atoms with Gasteiger partial charge in [0.1, 0.15) is 29.8 Å². The molecular formula is C23H20FN3O4. The Morgan fingerprint density at radius 2 is 1.90 bits per heavy atom. The predicted molar refractivity (Wildman–Crippen MR) is 112 cm³/mol. The number of rotatable bonds is 7. The molecule has 0 fully saturated rings. The maximum Gasteiger partial charge on any atom is 0.289 e. The summed E-state index contributed by atoms with van der Waals surface area (Å²) in [6.07, 6.45) is 0. The molecule has 31 heavy (non-hydrogen) atoms. The van der Waals surface area contributed by atoms with Crippen molar-refractivity contribution in [3.63, 3.8) is 0 Å². The Labute approximate surface area is 177 Å². The first kappa shape index (κ1) is 20.3. The molecule has 0 atom stereocenters. The van der Waals surface area contributed by atoms with Gasteiger partial charge in [-0.15, -0.1) is 0 Å². The van der Waals surface area contributed by atoms with Gasteiger partial charge in [-0.3, -0.25) is 9.59 Å². The highest BCUT2D eigenvalue weighted by atomic mass is 19.1. The number of benzene rings is 2. The number of halogens is 1. The minimum Gasteiger partial charge on any atom is -0.486 e. The van der Waals surface area contributed by atoms with E-state index >= 15 is 0 Å². The van der Waals surface area contributed by atoms with Crippen molar-refractivity contribution in [2.75, 3.05) is 6.54 Å². The number of carbonyl (C=O) groups is 1. The molecule has 0 saturated heterocycles.